The van der Waals surface area contributed by atoms with Gasteiger partial charge in [0, 0.05) is 29.4 Å². The summed E-state index contributed by atoms with van der Waals surface area (Å²) < 4.78 is 5.61. The molecule has 5 heteroatoms. The van der Waals surface area contributed by atoms with Crippen molar-refractivity contribution in [3.63, 3.8) is 0 Å². The monoisotopic (exact) mass is 308 g/mol. The number of benzene rings is 1. The van der Waals surface area contributed by atoms with Crippen molar-refractivity contribution in [2.75, 3.05) is 19.0 Å². The van der Waals surface area contributed by atoms with Crippen LogP contribution in [0.5, 0.6) is 5.75 Å². The first-order chi connectivity index (χ1) is 9.86. The second-order valence-corrected chi connectivity index (χ2v) is 6.19. The lowest BCUT2D eigenvalue weighted by molar-refractivity contribution is 0.318. The molecule has 20 heavy (non-hydrogen) atoms. The fourth-order valence-corrected chi connectivity index (χ4v) is 3.38. The van der Waals surface area contributed by atoms with Crippen LogP contribution in [0.1, 0.15) is 17.0 Å². The van der Waals surface area contributed by atoms with Crippen molar-refractivity contribution in [3.05, 3.63) is 34.8 Å². The van der Waals surface area contributed by atoms with Gasteiger partial charge in [0.1, 0.15) is 10.8 Å². The number of fused-ring (bicyclic) bond motifs is 1. The summed E-state index contributed by atoms with van der Waals surface area (Å²) in [4.78, 5) is 6.14. The molecule has 1 aliphatic heterocycles. The first-order valence-corrected chi connectivity index (χ1v) is 8.20. The van der Waals surface area contributed by atoms with Gasteiger partial charge in [-0.3, -0.25) is 0 Å². The van der Waals surface area contributed by atoms with Gasteiger partial charge in [0.25, 0.3) is 0 Å². The molecule has 3 nitrogen and oxygen atoms in total. The van der Waals surface area contributed by atoms with Crippen molar-refractivity contribution in [3.8, 4) is 16.3 Å². The van der Waals surface area contributed by atoms with Crippen LogP contribution in [0.25, 0.3) is 10.6 Å². The van der Waals surface area contributed by atoms with E-state index in [0.717, 1.165) is 42.3 Å². The highest BCUT2D eigenvalue weighted by Crippen LogP contribution is 2.30. The summed E-state index contributed by atoms with van der Waals surface area (Å²) in [7, 11) is 0. The van der Waals surface area contributed by atoms with E-state index in [9.17, 15) is 0 Å². The highest BCUT2D eigenvalue weighted by molar-refractivity contribution is 7.15. The normalized spacial score (nSPS) is 14.1. The summed E-state index contributed by atoms with van der Waals surface area (Å²) >= 11 is 7.44. The number of hydrogen-bond acceptors (Lipinski definition) is 4. The molecule has 1 aromatic heterocycles. The summed E-state index contributed by atoms with van der Waals surface area (Å²) in [5, 5.41) is 4.46. The topological polar surface area (TPSA) is 34.1 Å². The third-order valence-corrected chi connectivity index (χ3v) is 4.72. The number of halogens is 1. The molecule has 1 aliphatic rings. The van der Waals surface area contributed by atoms with Gasteiger partial charge in [0.05, 0.1) is 12.3 Å². The number of nitrogens with zero attached hydrogens (tertiary/aromatic N) is 1. The van der Waals surface area contributed by atoms with Crippen LogP contribution < -0.4 is 10.1 Å². The molecule has 0 fully saturated rings. The Labute approximate surface area is 127 Å². The van der Waals surface area contributed by atoms with Gasteiger partial charge < -0.3 is 10.1 Å². The van der Waals surface area contributed by atoms with E-state index in [4.69, 9.17) is 21.3 Å². The van der Waals surface area contributed by atoms with Gasteiger partial charge in [-0.1, -0.05) is 0 Å². The molecule has 0 radical (unpaired) electrons. The molecule has 1 N–H and O–H groups in total. The van der Waals surface area contributed by atoms with Gasteiger partial charge in [-0.2, -0.15) is 0 Å². The Morgan fingerprint density at radius 3 is 2.90 bits per heavy atom. The number of alkyl halides is 1. The third-order valence-electron chi connectivity index (χ3n) is 3.25. The van der Waals surface area contributed by atoms with E-state index in [0.29, 0.717) is 12.5 Å². The molecule has 0 unspecified atom stereocenters. The Bertz CT molecular complexity index is 544. The lowest BCUT2D eigenvalue weighted by atomic mass is 10.2. The van der Waals surface area contributed by atoms with E-state index in [-0.39, 0.29) is 0 Å². The highest BCUT2D eigenvalue weighted by atomic mass is 35.5. The summed E-state index contributed by atoms with van der Waals surface area (Å²) in [5.41, 5.74) is 2.37. The van der Waals surface area contributed by atoms with Crippen LogP contribution in [0, 0.1) is 0 Å². The number of aromatic nitrogens is 1. The molecule has 2 heterocycles. The van der Waals surface area contributed by atoms with Gasteiger partial charge in [-0.25, -0.2) is 4.98 Å². The second-order valence-electron chi connectivity index (χ2n) is 4.73. The Balaban J connectivity index is 1.72. The minimum absolute atomic E-state index is 0.636. The maximum atomic E-state index is 5.63. The molecule has 1 aromatic carbocycles. The number of ether oxygens (including phenoxy) is 1. The van der Waals surface area contributed by atoms with E-state index >= 15 is 0 Å². The SMILES string of the molecule is ClCCCOc1ccc(-c2nc3c(s2)CCNC3)cc1. The van der Waals surface area contributed by atoms with Crippen molar-refractivity contribution in [1.82, 2.24) is 10.3 Å². The van der Waals surface area contributed by atoms with Crippen molar-refractivity contribution >= 4 is 22.9 Å². The molecule has 106 valence electrons. The first kappa shape index (κ1) is 13.9. The van der Waals surface area contributed by atoms with Crippen LogP contribution >= 0.6 is 22.9 Å². The van der Waals surface area contributed by atoms with Crippen molar-refractivity contribution in [1.29, 1.82) is 0 Å². The fourth-order valence-electron chi connectivity index (χ4n) is 2.19. The van der Waals surface area contributed by atoms with Crippen LogP contribution in [-0.4, -0.2) is 24.0 Å². The average Bonchev–Trinajstić information content (AvgIpc) is 2.92. The van der Waals surface area contributed by atoms with Crippen LogP contribution in [0.4, 0.5) is 0 Å². The second kappa shape index (κ2) is 6.57. The van der Waals surface area contributed by atoms with Crippen molar-refractivity contribution in [2.24, 2.45) is 0 Å². The zero-order chi connectivity index (χ0) is 13.8. The van der Waals surface area contributed by atoms with E-state index in [2.05, 4.69) is 17.4 Å². The number of rotatable bonds is 5. The fraction of sp³-hybridized carbons (Fsp3) is 0.400. The summed E-state index contributed by atoms with van der Waals surface area (Å²) in [5.74, 6) is 1.53. The first-order valence-electron chi connectivity index (χ1n) is 6.85. The van der Waals surface area contributed by atoms with E-state index in [1.54, 1.807) is 11.3 Å². The lowest BCUT2D eigenvalue weighted by Gasteiger charge is -2.09. The summed E-state index contributed by atoms with van der Waals surface area (Å²) in [6, 6.07) is 8.16. The maximum absolute atomic E-state index is 5.63. The van der Waals surface area contributed by atoms with Crippen molar-refractivity contribution < 1.29 is 4.74 Å². The van der Waals surface area contributed by atoms with Crippen molar-refractivity contribution in [2.45, 2.75) is 19.4 Å². The molecule has 0 bridgehead atoms. The van der Waals surface area contributed by atoms with E-state index in [1.807, 2.05) is 12.1 Å². The molecule has 0 atom stereocenters. The number of nitrogens with one attached hydrogen (secondary N) is 1. The van der Waals surface area contributed by atoms with Crippen LogP contribution in [-0.2, 0) is 13.0 Å². The van der Waals surface area contributed by atoms with Crippen LogP contribution in [0.15, 0.2) is 24.3 Å². The quantitative estimate of drug-likeness (QED) is 0.678. The molecular formula is C15H17ClN2OS. The standard InChI is InChI=1S/C15H17ClN2OS/c16-7-1-9-19-12-4-2-11(3-5-12)15-18-13-10-17-8-6-14(13)20-15/h2-5,17H,1,6-10H2. The molecule has 0 saturated carbocycles. The smallest absolute Gasteiger partial charge is 0.123 e. The van der Waals surface area contributed by atoms with Gasteiger partial charge in [0.2, 0.25) is 0 Å². The zero-order valence-electron chi connectivity index (χ0n) is 11.2. The van der Waals surface area contributed by atoms with Gasteiger partial charge in [-0.05, 0) is 37.1 Å². The largest absolute Gasteiger partial charge is 0.494 e. The molecule has 0 spiro atoms. The molecule has 0 amide bonds. The summed E-state index contributed by atoms with van der Waals surface area (Å²) in [6.45, 7) is 2.62. The molecule has 0 aliphatic carbocycles. The zero-order valence-corrected chi connectivity index (χ0v) is 12.8. The number of hydrogen-bond donors (Lipinski definition) is 1. The van der Waals surface area contributed by atoms with E-state index < -0.39 is 0 Å². The summed E-state index contributed by atoms with van der Waals surface area (Å²) in [6.07, 6.45) is 1.96. The maximum Gasteiger partial charge on any atom is 0.123 e. The minimum atomic E-state index is 0.636. The molecular weight excluding hydrogens is 292 g/mol. The van der Waals surface area contributed by atoms with Gasteiger partial charge in [0.15, 0.2) is 0 Å². The Hall–Kier alpha value is -1.10. The molecule has 3 rings (SSSR count). The van der Waals surface area contributed by atoms with Crippen LogP contribution in [0.3, 0.4) is 0 Å². The van der Waals surface area contributed by atoms with Gasteiger partial charge >= 0.3 is 0 Å². The van der Waals surface area contributed by atoms with Gasteiger partial charge in [-0.15, -0.1) is 22.9 Å². The van der Waals surface area contributed by atoms with E-state index in [1.165, 1.54) is 10.6 Å². The predicted molar refractivity (Wildman–Crippen MR) is 83.8 cm³/mol. The Morgan fingerprint density at radius 1 is 1.30 bits per heavy atom. The molecule has 0 saturated heterocycles. The number of thiazole rings is 1. The van der Waals surface area contributed by atoms with Crippen LogP contribution in [0.2, 0.25) is 0 Å². The minimum Gasteiger partial charge on any atom is -0.494 e. The third kappa shape index (κ3) is 3.14. The Kier molecular flexibility index (Phi) is 4.55. The molecule has 2 aromatic rings. The lowest BCUT2D eigenvalue weighted by Crippen LogP contribution is -2.22. The Morgan fingerprint density at radius 2 is 2.15 bits per heavy atom. The highest BCUT2D eigenvalue weighted by Gasteiger charge is 2.15. The predicted octanol–water partition coefficient (Wildman–Crippen LogP) is 3.46. The average molecular weight is 309 g/mol.